The van der Waals surface area contributed by atoms with E-state index in [1.54, 1.807) is 24.3 Å². The van der Waals surface area contributed by atoms with Crippen LogP contribution < -0.4 is 11.1 Å². The lowest BCUT2D eigenvalue weighted by Gasteiger charge is -2.09. The van der Waals surface area contributed by atoms with E-state index >= 15 is 0 Å². The number of carboxylic acid groups (broad SMARTS) is 1. The molecule has 0 radical (unpaired) electrons. The molecular formula is C14H11N3O2S. The van der Waals surface area contributed by atoms with E-state index in [1.165, 1.54) is 11.3 Å². The minimum atomic E-state index is -0.962. The van der Waals surface area contributed by atoms with Crippen LogP contribution in [-0.2, 0) is 0 Å². The maximum Gasteiger partial charge on any atom is 0.337 e. The van der Waals surface area contributed by atoms with Crippen LogP contribution in [0.15, 0.2) is 42.5 Å². The molecule has 100 valence electrons. The number of nitrogens with one attached hydrogen (secondary N) is 1. The predicted molar refractivity (Wildman–Crippen MR) is 80.7 cm³/mol. The minimum absolute atomic E-state index is 0.233. The Morgan fingerprint density at radius 3 is 2.85 bits per heavy atom. The van der Waals surface area contributed by atoms with Gasteiger partial charge in [-0.3, -0.25) is 0 Å². The number of fused-ring (bicyclic) bond motifs is 1. The van der Waals surface area contributed by atoms with E-state index in [0.717, 1.165) is 15.9 Å². The molecule has 5 nitrogen and oxygen atoms in total. The molecule has 0 unspecified atom stereocenters. The van der Waals surface area contributed by atoms with Crippen molar-refractivity contribution >= 4 is 44.0 Å². The summed E-state index contributed by atoms with van der Waals surface area (Å²) >= 11 is 1.40. The molecule has 1 heterocycles. The first kappa shape index (κ1) is 12.4. The molecule has 0 saturated heterocycles. The Hall–Kier alpha value is -2.60. The molecule has 0 aliphatic rings. The molecule has 0 aliphatic carbocycles. The van der Waals surface area contributed by atoms with Crippen LogP contribution >= 0.6 is 11.3 Å². The van der Waals surface area contributed by atoms with Crippen molar-refractivity contribution in [1.82, 2.24) is 4.98 Å². The van der Waals surface area contributed by atoms with Crippen LogP contribution in [0.5, 0.6) is 0 Å². The summed E-state index contributed by atoms with van der Waals surface area (Å²) in [4.78, 5) is 15.3. The molecule has 1 aromatic heterocycles. The van der Waals surface area contributed by atoms with Crippen molar-refractivity contribution < 1.29 is 9.90 Å². The number of aromatic carboxylic acids is 1. The Labute approximate surface area is 118 Å². The van der Waals surface area contributed by atoms with Gasteiger partial charge in [0, 0.05) is 5.69 Å². The first-order chi connectivity index (χ1) is 9.63. The van der Waals surface area contributed by atoms with Crippen LogP contribution in [0, 0.1) is 0 Å². The Balaban J connectivity index is 1.98. The van der Waals surface area contributed by atoms with Crippen molar-refractivity contribution in [3.8, 4) is 0 Å². The molecule has 0 bridgehead atoms. The van der Waals surface area contributed by atoms with Crippen molar-refractivity contribution in [1.29, 1.82) is 0 Å². The third-order valence-corrected chi connectivity index (χ3v) is 3.69. The molecule has 0 fully saturated rings. The van der Waals surface area contributed by atoms with Gasteiger partial charge in [0.25, 0.3) is 0 Å². The predicted octanol–water partition coefficient (Wildman–Crippen LogP) is 3.32. The van der Waals surface area contributed by atoms with E-state index in [4.69, 9.17) is 10.8 Å². The van der Waals surface area contributed by atoms with Crippen LogP contribution in [0.2, 0.25) is 0 Å². The second kappa shape index (κ2) is 4.82. The van der Waals surface area contributed by atoms with E-state index in [0.29, 0.717) is 10.8 Å². The Kier molecular flexibility index (Phi) is 3.00. The van der Waals surface area contributed by atoms with Crippen molar-refractivity contribution in [3.63, 3.8) is 0 Å². The van der Waals surface area contributed by atoms with Crippen LogP contribution in [0.4, 0.5) is 16.5 Å². The summed E-state index contributed by atoms with van der Waals surface area (Å²) in [5.74, 6) is -0.962. The summed E-state index contributed by atoms with van der Waals surface area (Å²) in [6.07, 6.45) is 0. The molecule has 0 amide bonds. The Morgan fingerprint density at radius 2 is 2.05 bits per heavy atom. The third kappa shape index (κ3) is 2.28. The zero-order valence-corrected chi connectivity index (χ0v) is 11.1. The topological polar surface area (TPSA) is 88.2 Å². The lowest BCUT2D eigenvalue weighted by molar-refractivity contribution is 0.0698. The van der Waals surface area contributed by atoms with Gasteiger partial charge in [-0.25, -0.2) is 9.78 Å². The van der Waals surface area contributed by atoms with Gasteiger partial charge in [-0.15, -0.1) is 0 Å². The number of nitrogen functional groups attached to an aromatic ring is 1. The number of anilines is 3. The van der Waals surface area contributed by atoms with Gasteiger partial charge >= 0.3 is 5.97 Å². The highest BCUT2D eigenvalue weighted by atomic mass is 32.1. The van der Waals surface area contributed by atoms with Gasteiger partial charge in [0.05, 0.1) is 21.5 Å². The van der Waals surface area contributed by atoms with Crippen LogP contribution in [0.25, 0.3) is 10.2 Å². The standard InChI is InChI=1S/C14H11N3O2S/c15-14-17-11-6-5-8(7-12(11)20-14)16-10-4-2-1-3-9(10)13(18)19/h1-7,16H,(H2,15,17)(H,18,19). The summed E-state index contributed by atoms with van der Waals surface area (Å²) in [7, 11) is 0. The molecular weight excluding hydrogens is 274 g/mol. The van der Waals surface area contributed by atoms with Gasteiger partial charge in [-0.1, -0.05) is 23.5 Å². The number of hydrogen-bond acceptors (Lipinski definition) is 5. The SMILES string of the molecule is Nc1nc2ccc(Nc3ccccc3C(=O)O)cc2s1. The van der Waals surface area contributed by atoms with Gasteiger partial charge in [0.2, 0.25) is 0 Å². The number of nitrogens with zero attached hydrogens (tertiary/aromatic N) is 1. The quantitative estimate of drug-likeness (QED) is 0.687. The summed E-state index contributed by atoms with van der Waals surface area (Å²) in [6, 6.07) is 12.4. The molecule has 6 heteroatoms. The van der Waals surface area contributed by atoms with E-state index in [1.807, 2.05) is 18.2 Å². The molecule has 0 aliphatic heterocycles. The fourth-order valence-electron chi connectivity index (χ4n) is 1.95. The summed E-state index contributed by atoms with van der Waals surface area (Å²) in [5, 5.41) is 12.8. The lowest BCUT2D eigenvalue weighted by Crippen LogP contribution is -2.02. The molecule has 0 saturated carbocycles. The maximum atomic E-state index is 11.2. The highest BCUT2D eigenvalue weighted by Crippen LogP contribution is 2.28. The summed E-state index contributed by atoms with van der Waals surface area (Å²) in [5.41, 5.74) is 8.09. The molecule has 0 atom stereocenters. The molecule has 20 heavy (non-hydrogen) atoms. The largest absolute Gasteiger partial charge is 0.478 e. The Morgan fingerprint density at radius 1 is 1.25 bits per heavy atom. The van der Waals surface area contributed by atoms with E-state index in [2.05, 4.69) is 10.3 Å². The zero-order valence-electron chi connectivity index (χ0n) is 10.3. The number of thiazole rings is 1. The van der Waals surface area contributed by atoms with Crippen molar-refractivity contribution in [2.24, 2.45) is 0 Å². The molecule has 3 aromatic rings. The van der Waals surface area contributed by atoms with Crippen LogP contribution in [0.3, 0.4) is 0 Å². The third-order valence-electron chi connectivity index (χ3n) is 2.84. The minimum Gasteiger partial charge on any atom is -0.478 e. The average Bonchev–Trinajstić information content (AvgIpc) is 2.78. The van der Waals surface area contributed by atoms with Crippen molar-refractivity contribution in [2.45, 2.75) is 0 Å². The number of benzene rings is 2. The number of rotatable bonds is 3. The fourth-order valence-corrected chi connectivity index (χ4v) is 2.73. The van der Waals surface area contributed by atoms with E-state index in [-0.39, 0.29) is 5.56 Å². The maximum absolute atomic E-state index is 11.2. The van der Waals surface area contributed by atoms with E-state index < -0.39 is 5.97 Å². The second-order valence-electron chi connectivity index (χ2n) is 4.21. The molecule has 3 rings (SSSR count). The van der Waals surface area contributed by atoms with Gasteiger partial charge in [0.15, 0.2) is 5.13 Å². The summed E-state index contributed by atoms with van der Waals surface area (Å²) in [6.45, 7) is 0. The van der Waals surface area contributed by atoms with Crippen molar-refractivity contribution in [2.75, 3.05) is 11.1 Å². The average molecular weight is 285 g/mol. The number of carbonyl (C=O) groups is 1. The zero-order chi connectivity index (χ0) is 14.1. The molecule has 4 N–H and O–H groups in total. The van der Waals surface area contributed by atoms with Crippen LogP contribution in [-0.4, -0.2) is 16.1 Å². The number of hydrogen-bond donors (Lipinski definition) is 3. The first-order valence-corrected chi connectivity index (χ1v) is 6.70. The lowest BCUT2D eigenvalue weighted by atomic mass is 10.1. The number of para-hydroxylation sites is 1. The monoisotopic (exact) mass is 285 g/mol. The highest BCUT2D eigenvalue weighted by Gasteiger charge is 2.09. The summed E-state index contributed by atoms with van der Waals surface area (Å²) < 4.78 is 0.959. The fraction of sp³-hybridized carbons (Fsp3) is 0. The smallest absolute Gasteiger partial charge is 0.337 e. The number of carboxylic acids is 1. The molecule has 2 aromatic carbocycles. The van der Waals surface area contributed by atoms with Gasteiger partial charge in [0.1, 0.15) is 0 Å². The van der Waals surface area contributed by atoms with Crippen LogP contribution in [0.1, 0.15) is 10.4 Å². The van der Waals surface area contributed by atoms with Gasteiger partial charge in [-0.05, 0) is 30.3 Å². The van der Waals surface area contributed by atoms with Gasteiger partial charge in [-0.2, -0.15) is 0 Å². The van der Waals surface area contributed by atoms with Crippen molar-refractivity contribution in [3.05, 3.63) is 48.0 Å². The number of aromatic nitrogens is 1. The number of nitrogens with two attached hydrogens (primary N) is 1. The Bertz CT molecular complexity index is 798. The van der Waals surface area contributed by atoms with E-state index in [9.17, 15) is 4.79 Å². The normalized spacial score (nSPS) is 10.6. The van der Waals surface area contributed by atoms with Gasteiger partial charge < -0.3 is 16.2 Å². The molecule has 0 spiro atoms. The highest BCUT2D eigenvalue weighted by molar-refractivity contribution is 7.22. The second-order valence-corrected chi connectivity index (χ2v) is 5.27. The first-order valence-electron chi connectivity index (χ1n) is 5.89.